The molecule has 6 nitrogen and oxygen atoms in total. The van der Waals surface area contributed by atoms with E-state index in [0.29, 0.717) is 23.1 Å². The summed E-state index contributed by atoms with van der Waals surface area (Å²) in [5.74, 6) is -0.0330. The average molecular weight is 422 g/mol. The van der Waals surface area contributed by atoms with Crippen LogP contribution >= 0.6 is 0 Å². The van der Waals surface area contributed by atoms with E-state index in [-0.39, 0.29) is 6.54 Å². The van der Waals surface area contributed by atoms with Crippen molar-refractivity contribution < 1.29 is 14.4 Å². The summed E-state index contributed by atoms with van der Waals surface area (Å²) in [4.78, 5) is 39.1. The molecule has 6 heteroatoms. The van der Waals surface area contributed by atoms with Crippen LogP contribution in [0.5, 0.6) is 0 Å². The summed E-state index contributed by atoms with van der Waals surface area (Å²) in [5.41, 5.74) is 2.49. The third-order valence-electron chi connectivity index (χ3n) is 6.11. The van der Waals surface area contributed by atoms with Gasteiger partial charge in [-0.25, -0.2) is 4.79 Å². The molecular weight excluding hydrogens is 390 g/mol. The van der Waals surface area contributed by atoms with Crippen molar-refractivity contribution in [2.24, 2.45) is 0 Å². The van der Waals surface area contributed by atoms with Crippen LogP contribution in [0, 0.1) is 0 Å². The molecule has 1 aliphatic rings. The molecule has 0 bridgehead atoms. The van der Waals surface area contributed by atoms with E-state index >= 15 is 0 Å². The van der Waals surface area contributed by atoms with E-state index in [1.165, 1.54) is 5.56 Å². The molecule has 1 heterocycles. The summed E-state index contributed by atoms with van der Waals surface area (Å²) in [5, 5.41) is 5.52. The number of benzene rings is 2. The number of anilines is 1. The number of urea groups is 1. The normalized spacial score (nSPS) is 19.5. The highest BCUT2D eigenvalue weighted by Crippen LogP contribution is 2.30. The second-order valence-electron chi connectivity index (χ2n) is 8.70. The van der Waals surface area contributed by atoms with Crippen molar-refractivity contribution in [3.8, 4) is 0 Å². The number of nitrogens with zero attached hydrogens (tertiary/aromatic N) is 1. The van der Waals surface area contributed by atoms with Gasteiger partial charge in [-0.2, -0.15) is 0 Å². The van der Waals surface area contributed by atoms with Crippen LogP contribution in [0.1, 0.15) is 69.6 Å². The van der Waals surface area contributed by atoms with Crippen molar-refractivity contribution in [1.82, 2.24) is 10.2 Å². The molecule has 0 spiro atoms. The van der Waals surface area contributed by atoms with Gasteiger partial charge in [0.2, 0.25) is 5.91 Å². The molecule has 3 rings (SSSR count). The Labute approximate surface area is 184 Å². The Morgan fingerprint density at radius 3 is 2.13 bits per heavy atom. The minimum Gasteiger partial charge on any atom is -0.325 e. The van der Waals surface area contributed by atoms with Gasteiger partial charge in [-0.05, 0) is 54.0 Å². The van der Waals surface area contributed by atoms with E-state index < -0.39 is 23.4 Å². The molecule has 0 saturated carbocycles. The summed E-state index contributed by atoms with van der Waals surface area (Å²) in [6.45, 7) is 9.80. The number of hydrogen-bond acceptors (Lipinski definition) is 3. The minimum absolute atomic E-state index is 0.336. The van der Waals surface area contributed by atoms with Gasteiger partial charge in [0, 0.05) is 5.69 Å². The maximum Gasteiger partial charge on any atom is 0.325 e. The van der Waals surface area contributed by atoms with Crippen molar-refractivity contribution in [2.45, 2.75) is 58.4 Å². The quantitative estimate of drug-likeness (QED) is 0.635. The molecule has 2 N–H and O–H groups in total. The number of carbonyl (C=O) groups excluding carboxylic acids is 3. The maximum atomic E-state index is 13.1. The topological polar surface area (TPSA) is 78.5 Å². The van der Waals surface area contributed by atoms with Gasteiger partial charge in [0.15, 0.2) is 0 Å². The lowest BCUT2D eigenvalue weighted by molar-refractivity contribution is -0.133. The smallest absolute Gasteiger partial charge is 0.325 e. The fourth-order valence-corrected chi connectivity index (χ4v) is 3.71. The lowest BCUT2D eigenvalue weighted by Gasteiger charge is -2.22. The van der Waals surface area contributed by atoms with E-state index in [0.717, 1.165) is 16.9 Å². The Morgan fingerprint density at radius 2 is 1.58 bits per heavy atom. The largest absolute Gasteiger partial charge is 0.325 e. The van der Waals surface area contributed by atoms with Crippen LogP contribution in [0.3, 0.4) is 0 Å². The van der Waals surface area contributed by atoms with E-state index in [9.17, 15) is 14.4 Å². The number of imide groups is 1. The molecule has 1 fully saturated rings. The van der Waals surface area contributed by atoms with Crippen molar-refractivity contribution in [2.75, 3.05) is 11.9 Å². The molecule has 2 aromatic carbocycles. The molecule has 0 aromatic heterocycles. The van der Waals surface area contributed by atoms with Crippen LogP contribution in [0.2, 0.25) is 0 Å². The van der Waals surface area contributed by atoms with Crippen molar-refractivity contribution in [1.29, 1.82) is 0 Å². The number of hydrogen-bond donors (Lipinski definition) is 2. The van der Waals surface area contributed by atoms with E-state index in [1.807, 2.05) is 48.5 Å². The van der Waals surface area contributed by atoms with Gasteiger partial charge in [0.1, 0.15) is 12.1 Å². The predicted octanol–water partition coefficient (Wildman–Crippen LogP) is 4.73. The average Bonchev–Trinajstić information content (AvgIpc) is 2.97. The van der Waals surface area contributed by atoms with E-state index in [1.54, 1.807) is 6.92 Å². The lowest BCUT2D eigenvalue weighted by atomic mass is 9.90. The first kappa shape index (κ1) is 22.5. The number of carbonyl (C=O) groups is 3. The molecular formula is C25H31N3O3. The maximum absolute atomic E-state index is 13.1. The van der Waals surface area contributed by atoms with Crippen LogP contribution in [-0.4, -0.2) is 29.3 Å². The summed E-state index contributed by atoms with van der Waals surface area (Å²) in [6.07, 6.45) is 1.04. The molecule has 0 aliphatic carbocycles. The first-order valence-corrected chi connectivity index (χ1v) is 10.8. The first-order valence-electron chi connectivity index (χ1n) is 10.8. The van der Waals surface area contributed by atoms with Gasteiger partial charge in [0.05, 0.1) is 0 Å². The zero-order valence-corrected chi connectivity index (χ0v) is 18.9. The summed E-state index contributed by atoms with van der Waals surface area (Å²) < 4.78 is 0. The number of nitrogens with one attached hydrogen (secondary N) is 2. The van der Waals surface area contributed by atoms with Crippen LogP contribution < -0.4 is 10.6 Å². The molecule has 164 valence electrons. The fourth-order valence-electron chi connectivity index (χ4n) is 3.71. The Kier molecular flexibility index (Phi) is 6.48. The van der Waals surface area contributed by atoms with Gasteiger partial charge in [0.25, 0.3) is 5.91 Å². The van der Waals surface area contributed by atoms with Crippen LogP contribution in [0.4, 0.5) is 10.5 Å². The summed E-state index contributed by atoms with van der Waals surface area (Å²) in [6, 6.07) is 14.7. The van der Waals surface area contributed by atoms with Gasteiger partial charge in [-0.3, -0.25) is 14.5 Å². The van der Waals surface area contributed by atoms with Crippen LogP contribution in [-0.2, 0) is 15.1 Å². The van der Waals surface area contributed by atoms with Gasteiger partial charge >= 0.3 is 6.03 Å². The highest BCUT2D eigenvalue weighted by Gasteiger charge is 2.49. The number of amides is 4. The Morgan fingerprint density at radius 1 is 1.00 bits per heavy atom. The fraction of sp³-hybridized carbons (Fsp3) is 0.400. The van der Waals surface area contributed by atoms with Crippen LogP contribution in [0.15, 0.2) is 48.5 Å². The molecule has 1 saturated heterocycles. The molecule has 0 radical (unpaired) electrons. The first-order chi connectivity index (χ1) is 14.7. The second kappa shape index (κ2) is 8.92. The van der Waals surface area contributed by atoms with Gasteiger partial charge in [-0.1, -0.05) is 64.1 Å². The SMILES string of the molecule is CC[C@@H](C)c1ccc(NC(=O)CN2C(=O)N[C@](C)(c3ccc(C(C)C)cc3)C2=O)cc1. The van der Waals surface area contributed by atoms with Crippen molar-refractivity contribution >= 4 is 23.5 Å². The van der Waals surface area contributed by atoms with Crippen molar-refractivity contribution in [3.63, 3.8) is 0 Å². The molecule has 0 unspecified atom stereocenters. The van der Waals surface area contributed by atoms with E-state index in [4.69, 9.17) is 0 Å². The van der Waals surface area contributed by atoms with Gasteiger partial charge in [-0.15, -0.1) is 0 Å². The van der Waals surface area contributed by atoms with E-state index in [2.05, 4.69) is 38.3 Å². The Bertz CT molecular complexity index is 967. The minimum atomic E-state index is -1.19. The van der Waals surface area contributed by atoms with Crippen LogP contribution in [0.25, 0.3) is 0 Å². The summed E-state index contributed by atoms with van der Waals surface area (Å²) >= 11 is 0. The highest BCUT2D eigenvalue weighted by molar-refractivity contribution is 6.10. The standard InChI is InChI=1S/C25H31N3O3/c1-6-17(4)19-9-13-21(14-10-19)26-22(29)15-28-23(30)25(5,27-24(28)31)20-11-7-18(8-12-20)16(2)3/h7-14,16-17H,6,15H2,1-5H3,(H,26,29)(H,27,31)/t17-,25-/m1/s1. The molecule has 2 atom stereocenters. The molecule has 2 aromatic rings. The highest BCUT2D eigenvalue weighted by atomic mass is 16.2. The molecule has 1 aliphatic heterocycles. The monoisotopic (exact) mass is 421 g/mol. The third-order valence-corrected chi connectivity index (χ3v) is 6.11. The Hall–Kier alpha value is -3.15. The molecule has 4 amide bonds. The van der Waals surface area contributed by atoms with Crippen molar-refractivity contribution in [3.05, 3.63) is 65.2 Å². The zero-order chi connectivity index (χ0) is 22.8. The lowest BCUT2D eigenvalue weighted by Crippen LogP contribution is -2.42. The third kappa shape index (κ3) is 4.63. The second-order valence-corrected chi connectivity index (χ2v) is 8.70. The zero-order valence-electron chi connectivity index (χ0n) is 18.9. The summed E-state index contributed by atoms with van der Waals surface area (Å²) in [7, 11) is 0. The molecule has 31 heavy (non-hydrogen) atoms. The number of rotatable bonds is 7. The predicted molar refractivity (Wildman–Crippen MR) is 122 cm³/mol. The Balaban J connectivity index is 1.68. The van der Waals surface area contributed by atoms with Gasteiger partial charge < -0.3 is 10.6 Å².